The number of aliphatic carboxylic acids is 1. The summed E-state index contributed by atoms with van der Waals surface area (Å²) in [5, 5.41) is 13.4. The Morgan fingerprint density at radius 2 is 2.22 bits per heavy atom. The summed E-state index contributed by atoms with van der Waals surface area (Å²) in [6.45, 7) is 2.27. The maximum atomic E-state index is 11.4. The van der Waals surface area contributed by atoms with Gasteiger partial charge in [-0.15, -0.1) is 11.3 Å². The highest BCUT2D eigenvalue weighted by molar-refractivity contribution is 7.22. The fourth-order valence-electron chi connectivity index (χ4n) is 3.37. The van der Waals surface area contributed by atoms with Gasteiger partial charge in [0.05, 0.1) is 22.8 Å². The summed E-state index contributed by atoms with van der Waals surface area (Å²) in [6.07, 6.45) is 3.61. The first kappa shape index (κ1) is 16.0. The standard InChI is InChI=1S/C19H15N5O2S/c1-10-3-2-4-12(21-10)16-17(15-7-11-8-20-6-5-14(11)27-15)24-9-13(18(25)26)22-19(24)23-16/h2-8,13H,9H2,1H3,(H,22,23)(H,25,26). The van der Waals surface area contributed by atoms with E-state index in [-0.39, 0.29) is 0 Å². The van der Waals surface area contributed by atoms with E-state index in [1.807, 2.05) is 42.0 Å². The zero-order valence-corrected chi connectivity index (χ0v) is 15.2. The number of imidazole rings is 1. The molecule has 0 saturated carbocycles. The van der Waals surface area contributed by atoms with Gasteiger partial charge in [0, 0.05) is 28.2 Å². The van der Waals surface area contributed by atoms with Gasteiger partial charge in [-0.3, -0.25) is 9.97 Å². The van der Waals surface area contributed by atoms with Crippen LogP contribution in [0.3, 0.4) is 0 Å². The van der Waals surface area contributed by atoms with Crippen LogP contribution < -0.4 is 5.32 Å². The molecule has 8 heteroatoms. The number of hydrogen-bond acceptors (Lipinski definition) is 6. The van der Waals surface area contributed by atoms with Crippen LogP contribution in [0.2, 0.25) is 0 Å². The lowest BCUT2D eigenvalue weighted by Gasteiger charge is -2.08. The summed E-state index contributed by atoms with van der Waals surface area (Å²) >= 11 is 1.64. The molecular formula is C19H15N5O2S. The van der Waals surface area contributed by atoms with Gasteiger partial charge in [-0.25, -0.2) is 9.78 Å². The van der Waals surface area contributed by atoms with E-state index in [0.29, 0.717) is 12.5 Å². The van der Waals surface area contributed by atoms with Crippen molar-refractivity contribution in [3.05, 3.63) is 48.4 Å². The van der Waals surface area contributed by atoms with Crippen molar-refractivity contribution in [2.45, 2.75) is 19.5 Å². The number of hydrogen-bond donors (Lipinski definition) is 2. The van der Waals surface area contributed by atoms with Gasteiger partial charge in [-0.2, -0.15) is 0 Å². The Morgan fingerprint density at radius 3 is 3.00 bits per heavy atom. The molecule has 5 heterocycles. The van der Waals surface area contributed by atoms with E-state index in [0.717, 1.165) is 37.7 Å². The number of carbonyl (C=O) groups is 1. The van der Waals surface area contributed by atoms with Gasteiger partial charge in [0.2, 0.25) is 5.95 Å². The Morgan fingerprint density at radius 1 is 1.33 bits per heavy atom. The SMILES string of the molecule is Cc1cccc(-c2nc3n(c2-c2cc4cnccc4s2)CC(C(=O)O)N3)n1. The van der Waals surface area contributed by atoms with Crippen LogP contribution in [-0.4, -0.2) is 36.6 Å². The largest absolute Gasteiger partial charge is 0.480 e. The minimum atomic E-state index is -0.887. The molecular weight excluding hydrogens is 362 g/mol. The molecule has 7 nitrogen and oxygen atoms in total. The Kier molecular flexibility index (Phi) is 3.48. The maximum absolute atomic E-state index is 11.4. The predicted molar refractivity (Wildman–Crippen MR) is 104 cm³/mol. The molecule has 27 heavy (non-hydrogen) atoms. The average molecular weight is 377 g/mol. The second kappa shape index (κ2) is 5.88. The molecule has 1 aliphatic rings. The Balaban J connectivity index is 1.73. The molecule has 0 saturated heterocycles. The lowest BCUT2D eigenvalue weighted by Crippen LogP contribution is -2.27. The molecule has 134 valence electrons. The Hall–Kier alpha value is -3.26. The van der Waals surface area contributed by atoms with E-state index in [9.17, 15) is 9.90 Å². The summed E-state index contributed by atoms with van der Waals surface area (Å²) in [4.78, 5) is 26.0. The summed E-state index contributed by atoms with van der Waals surface area (Å²) < 4.78 is 3.07. The summed E-state index contributed by atoms with van der Waals surface area (Å²) in [7, 11) is 0. The smallest absolute Gasteiger partial charge is 0.328 e. The quantitative estimate of drug-likeness (QED) is 0.568. The van der Waals surface area contributed by atoms with E-state index in [4.69, 9.17) is 4.98 Å². The van der Waals surface area contributed by atoms with Crippen LogP contribution in [0.1, 0.15) is 5.69 Å². The van der Waals surface area contributed by atoms with Crippen LogP contribution in [0.4, 0.5) is 5.95 Å². The minimum Gasteiger partial charge on any atom is -0.480 e. The number of anilines is 1. The fourth-order valence-corrected chi connectivity index (χ4v) is 4.45. The van der Waals surface area contributed by atoms with Crippen molar-refractivity contribution in [3.63, 3.8) is 0 Å². The summed E-state index contributed by atoms with van der Waals surface area (Å²) in [6, 6.07) is 9.20. The third kappa shape index (κ3) is 2.57. The molecule has 0 amide bonds. The molecule has 0 spiro atoms. The first-order chi connectivity index (χ1) is 13.1. The van der Waals surface area contributed by atoms with Crippen molar-refractivity contribution in [2.75, 3.05) is 5.32 Å². The van der Waals surface area contributed by atoms with Crippen LogP contribution in [0, 0.1) is 6.92 Å². The van der Waals surface area contributed by atoms with Gasteiger partial charge in [0.25, 0.3) is 0 Å². The van der Waals surface area contributed by atoms with Crippen molar-refractivity contribution < 1.29 is 9.90 Å². The average Bonchev–Trinajstić information content (AvgIpc) is 3.33. The number of thiophene rings is 1. The van der Waals surface area contributed by atoms with Gasteiger partial charge in [-0.1, -0.05) is 6.07 Å². The number of nitrogens with zero attached hydrogens (tertiary/aromatic N) is 4. The zero-order valence-electron chi connectivity index (χ0n) is 14.4. The molecule has 1 atom stereocenters. The second-order valence-electron chi connectivity index (χ2n) is 6.47. The highest BCUT2D eigenvalue weighted by Gasteiger charge is 2.33. The normalized spacial score (nSPS) is 15.7. The van der Waals surface area contributed by atoms with Crippen LogP contribution in [0.25, 0.3) is 32.0 Å². The van der Waals surface area contributed by atoms with Crippen molar-refractivity contribution in [1.29, 1.82) is 0 Å². The fraction of sp³-hybridized carbons (Fsp3) is 0.158. The molecule has 0 fully saturated rings. The van der Waals surface area contributed by atoms with Gasteiger partial charge >= 0.3 is 5.97 Å². The molecule has 1 unspecified atom stereocenters. The lowest BCUT2D eigenvalue weighted by molar-refractivity contribution is -0.137. The summed E-state index contributed by atoms with van der Waals surface area (Å²) in [5.74, 6) is -0.325. The number of nitrogens with one attached hydrogen (secondary N) is 1. The van der Waals surface area contributed by atoms with Gasteiger partial charge in [-0.05, 0) is 31.2 Å². The van der Waals surface area contributed by atoms with Crippen molar-refractivity contribution in [1.82, 2.24) is 19.5 Å². The van der Waals surface area contributed by atoms with Crippen LogP contribution in [-0.2, 0) is 11.3 Å². The molecule has 0 bridgehead atoms. The molecule has 1 aliphatic heterocycles. The first-order valence-electron chi connectivity index (χ1n) is 8.48. The van der Waals surface area contributed by atoms with E-state index in [1.165, 1.54) is 0 Å². The number of pyridine rings is 2. The van der Waals surface area contributed by atoms with Crippen molar-refractivity contribution >= 4 is 33.3 Å². The van der Waals surface area contributed by atoms with Gasteiger partial charge < -0.3 is 15.0 Å². The molecule has 0 radical (unpaired) electrons. The number of fused-ring (bicyclic) bond motifs is 2. The molecule has 0 aromatic carbocycles. The van der Waals surface area contributed by atoms with Gasteiger partial charge in [0.1, 0.15) is 11.7 Å². The van der Waals surface area contributed by atoms with E-state index in [2.05, 4.69) is 21.4 Å². The maximum Gasteiger partial charge on any atom is 0.328 e. The molecule has 5 rings (SSSR count). The predicted octanol–water partition coefficient (Wildman–Crippen LogP) is 3.41. The van der Waals surface area contributed by atoms with Crippen molar-refractivity contribution in [2.24, 2.45) is 0 Å². The Bertz CT molecular complexity index is 1160. The third-order valence-corrected chi connectivity index (χ3v) is 5.74. The summed E-state index contributed by atoms with van der Waals surface area (Å²) in [5.41, 5.74) is 3.32. The first-order valence-corrected chi connectivity index (χ1v) is 9.29. The molecule has 4 aromatic heterocycles. The van der Waals surface area contributed by atoms with Crippen molar-refractivity contribution in [3.8, 4) is 22.0 Å². The number of rotatable bonds is 3. The van der Waals surface area contributed by atoms with E-state index >= 15 is 0 Å². The molecule has 2 N–H and O–H groups in total. The minimum absolute atomic E-state index is 0.325. The number of aryl methyl sites for hydroxylation is 1. The monoisotopic (exact) mass is 377 g/mol. The Labute approximate surface area is 158 Å². The highest BCUT2D eigenvalue weighted by Crippen LogP contribution is 2.41. The third-order valence-electron chi connectivity index (χ3n) is 4.62. The van der Waals surface area contributed by atoms with E-state index < -0.39 is 12.0 Å². The zero-order chi connectivity index (χ0) is 18.5. The topological polar surface area (TPSA) is 92.9 Å². The highest BCUT2D eigenvalue weighted by atomic mass is 32.1. The molecule has 4 aromatic rings. The lowest BCUT2D eigenvalue weighted by atomic mass is 10.1. The van der Waals surface area contributed by atoms with Crippen LogP contribution >= 0.6 is 11.3 Å². The van der Waals surface area contributed by atoms with Crippen LogP contribution in [0.15, 0.2) is 42.7 Å². The number of carboxylic acids is 1. The van der Waals surface area contributed by atoms with E-state index in [1.54, 1.807) is 17.5 Å². The number of aromatic nitrogens is 4. The molecule has 0 aliphatic carbocycles. The second-order valence-corrected chi connectivity index (χ2v) is 7.55. The number of carboxylic acid groups (broad SMARTS) is 1. The van der Waals surface area contributed by atoms with Crippen LogP contribution in [0.5, 0.6) is 0 Å². The van der Waals surface area contributed by atoms with Gasteiger partial charge in [0.15, 0.2) is 0 Å².